The quantitative estimate of drug-likeness (QED) is 0.755. The molecule has 0 N–H and O–H groups in total. The van der Waals surface area contributed by atoms with E-state index in [0.717, 1.165) is 0 Å². The fourth-order valence-corrected chi connectivity index (χ4v) is 4.55. The number of rotatable bonds is 3. The zero-order valence-electron chi connectivity index (χ0n) is 10.8. The maximum Gasteiger partial charge on any atom is 0.115 e. The zero-order valence-corrected chi connectivity index (χ0v) is 11.6. The summed E-state index contributed by atoms with van der Waals surface area (Å²) in [6.07, 6.45) is 0.823. The van der Waals surface area contributed by atoms with Gasteiger partial charge in [-0.15, -0.1) is 0 Å². The molecule has 0 spiro atoms. The van der Waals surface area contributed by atoms with E-state index >= 15 is 0 Å². The van der Waals surface area contributed by atoms with E-state index in [1.165, 1.54) is 0 Å². The van der Waals surface area contributed by atoms with Gasteiger partial charge in [-0.1, -0.05) is 20.8 Å². The first-order chi connectivity index (χ1) is 7.33. The number of nitrogens with zero attached hydrogens (tertiary/aromatic N) is 1. The molecule has 1 atom stereocenters. The fourth-order valence-electron chi connectivity index (χ4n) is 2.30. The number of alkyl halides is 1. The van der Waals surface area contributed by atoms with Gasteiger partial charge in [0.25, 0.3) is 0 Å². The second kappa shape index (κ2) is 5.03. The van der Waals surface area contributed by atoms with Gasteiger partial charge < -0.3 is 0 Å². The molecule has 1 aliphatic heterocycles. The summed E-state index contributed by atoms with van der Waals surface area (Å²) >= 11 is 0. The molecule has 1 fully saturated rings. The molecule has 1 aliphatic rings. The van der Waals surface area contributed by atoms with Gasteiger partial charge in [0, 0.05) is 27.8 Å². The molecule has 0 aromatic rings. The molecular formula is C12H24FNOS. The smallest absolute Gasteiger partial charge is 0.115 e. The van der Waals surface area contributed by atoms with Crippen molar-refractivity contribution in [3.8, 4) is 0 Å². The normalized spacial score (nSPS) is 37.4. The van der Waals surface area contributed by atoms with Crippen molar-refractivity contribution in [3.63, 3.8) is 0 Å². The van der Waals surface area contributed by atoms with Gasteiger partial charge in [-0.05, 0) is 31.6 Å². The third-order valence-electron chi connectivity index (χ3n) is 3.85. The standard InChI is InChI=1S/C12H24FNOS/c1-5-14-16(15)8-6-12(13,7-9-16)11(4)10(2)3/h10-11H,5-9H2,1-4H3. The molecule has 0 amide bonds. The van der Waals surface area contributed by atoms with E-state index < -0.39 is 15.4 Å². The van der Waals surface area contributed by atoms with Crippen LogP contribution in [-0.2, 0) is 9.73 Å². The summed E-state index contributed by atoms with van der Waals surface area (Å²) in [7, 11) is -2.09. The van der Waals surface area contributed by atoms with E-state index in [2.05, 4.69) is 4.36 Å². The van der Waals surface area contributed by atoms with Crippen molar-refractivity contribution >= 4 is 9.73 Å². The summed E-state index contributed by atoms with van der Waals surface area (Å²) in [4.78, 5) is 0. The fraction of sp³-hybridized carbons (Fsp3) is 1.00. The van der Waals surface area contributed by atoms with Crippen molar-refractivity contribution in [2.75, 3.05) is 18.1 Å². The second-order valence-corrected chi connectivity index (χ2v) is 7.81. The first-order valence-electron chi connectivity index (χ1n) is 6.20. The van der Waals surface area contributed by atoms with Crippen molar-refractivity contribution < 1.29 is 8.60 Å². The SMILES string of the molecule is CCN=S1(=O)CCC(F)(C(C)C(C)C)CC1. The van der Waals surface area contributed by atoms with Gasteiger partial charge in [0.05, 0.1) is 0 Å². The molecule has 1 saturated heterocycles. The molecule has 1 heterocycles. The highest BCUT2D eigenvalue weighted by atomic mass is 32.2. The van der Waals surface area contributed by atoms with Crippen molar-refractivity contribution in [2.45, 2.75) is 46.2 Å². The van der Waals surface area contributed by atoms with Gasteiger partial charge in [-0.25, -0.2) is 13.0 Å². The van der Waals surface area contributed by atoms with Crippen molar-refractivity contribution in [2.24, 2.45) is 16.2 Å². The largest absolute Gasteiger partial charge is 0.250 e. The first-order valence-corrected chi connectivity index (χ1v) is 8.05. The van der Waals surface area contributed by atoms with Crippen LogP contribution in [0, 0.1) is 11.8 Å². The summed E-state index contributed by atoms with van der Waals surface area (Å²) < 4.78 is 30.9. The Balaban J connectivity index is 2.74. The van der Waals surface area contributed by atoms with Crippen LogP contribution in [0.4, 0.5) is 4.39 Å². The molecule has 0 aliphatic carbocycles. The molecule has 0 aromatic carbocycles. The molecule has 0 saturated carbocycles. The minimum atomic E-state index is -2.09. The molecule has 0 radical (unpaired) electrons. The average Bonchev–Trinajstić information content (AvgIpc) is 2.22. The summed E-state index contributed by atoms with van der Waals surface area (Å²) in [6, 6.07) is 0. The monoisotopic (exact) mass is 249 g/mol. The van der Waals surface area contributed by atoms with Crippen LogP contribution < -0.4 is 0 Å². The number of hydrogen-bond donors (Lipinski definition) is 0. The van der Waals surface area contributed by atoms with E-state index in [0.29, 0.717) is 36.8 Å². The van der Waals surface area contributed by atoms with Crippen LogP contribution >= 0.6 is 0 Å². The van der Waals surface area contributed by atoms with Gasteiger partial charge in [0.2, 0.25) is 0 Å². The Morgan fingerprint density at radius 1 is 1.31 bits per heavy atom. The lowest BCUT2D eigenvalue weighted by Gasteiger charge is -2.38. The predicted molar refractivity (Wildman–Crippen MR) is 67.9 cm³/mol. The Morgan fingerprint density at radius 2 is 1.81 bits per heavy atom. The maximum absolute atomic E-state index is 14.6. The highest BCUT2D eigenvalue weighted by Gasteiger charge is 2.41. The first kappa shape index (κ1) is 13.9. The van der Waals surface area contributed by atoms with Crippen LogP contribution in [0.15, 0.2) is 4.36 Å². The minimum absolute atomic E-state index is 0.0399. The minimum Gasteiger partial charge on any atom is -0.250 e. The topological polar surface area (TPSA) is 29.4 Å². The van der Waals surface area contributed by atoms with Gasteiger partial charge in [0.15, 0.2) is 0 Å². The number of hydrogen-bond acceptors (Lipinski definition) is 2. The molecule has 16 heavy (non-hydrogen) atoms. The van der Waals surface area contributed by atoms with Gasteiger partial charge in [-0.3, -0.25) is 0 Å². The van der Waals surface area contributed by atoms with Gasteiger partial charge >= 0.3 is 0 Å². The molecule has 0 aromatic heterocycles. The van der Waals surface area contributed by atoms with Gasteiger partial charge in [0.1, 0.15) is 5.67 Å². The molecule has 1 rings (SSSR count). The van der Waals surface area contributed by atoms with Crippen LogP contribution in [0.5, 0.6) is 0 Å². The predicted octanol–water partition coefficient (Wildman–Crippen LogP) is 3.27. The Bertz CT molecular complexity index is 331. The second-order valence-electron chi connectivity index (χ2n) is 5.19. The highest BCUT2D eigenvalue weighted by molar-refractivity contribution is 7.93. The summed E-state index contributed by atoms with van der Waals surface area (Å²) in [6.45, 7) is 8.54. The van der Waals surface area contributed by atoms with Crippen molar-refractivity contribution in [1.29, 1.82) is 0 Å². The summed E-state index contributed by atoms with van der Waals surface area (Å²) in [5, 5.41) is 0. The summed E-state index contributed by atoms with van der Waals surface area (Å²) in [5.74, 6) is 1.25. The molecular weight excluding hydrogens is 225 g/mol. The Kier molecular flexibility index (Phi) is 4.38. The molecule has 1 unspecified atom stereocenters. The molecule has 4 heteroatoms. The van der Waals surface area contributed by atoms with Crippen molar-refractivity contribution in [1.82, 2.24) is 0 Å². The Morgan fingerprint density at radius 3 is 2.19 bits per heavy atom. The third-order valence-corrected chi connectivity index (χ3v) is 6.27. The van der Waals surface area contributed by atoms with Crippen LogP contribution in [0.2, 0.25) is 0 Å². The highest BCUT2D eigenvalue weighted by Crippen LogP contribution is 2.38. The third kappa shape index (κ3) is 2.96. The molecule has 96 valence electrons. The van der Waals surface area contributed by atoms with E-state index in [1.807, 2.05) is 27.7 Å². The number of halogens is 1. The lowest BCUT2D eigenvalue weighted by atomic mass is 9.79. The van der Waals surface area contributed by atoms with Gasteiger partial charge in [-0.2, -0.15) is 0 Å². The van der Waals surface area contributed by atoms with E-state index in [1.54, 1.807) is 0 Å². The van der Waals surface area contributed by atoms with E-state index in [-0.39, 0.29) is 5.92 Å². The van der Waals surface area contributed by atoms with Crippen LogP contribution in [0.3, 0.4) is 0 Å². The van der Waals surface area contributed by atoms with Crippen LogP contribution in [-0.4, -0.2) is 27.9 Å². The molecule has 0 bridgehead atoms. The Hall–Kier alpha value is -0.120. The average molecular weight is 249 g/mol. The zero-order chi connectivity index (χ0) is 12.4. The van der Waals surface area contributed by atoms with Crippen molar-refractivity contribution in [3.05, 3.63) is 0 Å². The van der Waals surface area contributed by atoms with E-state index in [4.69, 9.17) is 0 Å². The lowest BCUT2D eigenvalue weighted by molar-refractivity contribution is 0.0528. The van der Waals surface area contributed by atoms with E-state index in [9.17, 15) is 8.60 Å². The summed E-state index contributed by atoms with van der Waals surface area (Å²) in [5.41, 5.74) is -1.13. The molecule has 2 nitrogen and oxygen atoms in total. The van der Waals surface area contributed by atoms with Crippen LogP contribution in [0.25, 0.3) is 0 Å². The Labute approximate surface area is 99.2 Å². The maximum atomic E-state index is 14.6. The lowest BCUT2D eigenvalue weighted by Crippen LogP contribution is -2.42. The van der Waals surface area contributed by atoms with Crippen LogP contribution in [0.1, 0.15) is 40.5 Å².